The molecule has 100 valence electrons. The summed E-state index contributed by atoms with van der Waals surface area (Å²) in [6, 6.07) is 0.302. The summed E-state index contributed by atoms with van der Waals surface area (Å²) >= 11 is 0. The molecule has 18 heavy (non-hydrogen) atoms. The van der Waals surface area contributed by atoms with Crippen molar-refractivity contribution in [2.24, 2.45) is 11.7 Å². The molecule has 0 aliphatic heterocycles. The van der Waals surface area contributed by atoms with Crippen LogP contribution in [0.3, 0.4) is 0 Å². The maximum Gasteiger partial charge on any atom is 0.244 e. The molecule has 6 nitrogen and oxygen atoms in total. The van der Waals surface area contributed by atoms with Gasteiger partial charge in [0.05, 0.1) is 0 Å². The largest absolute Gasteiger partial charge is 0.338 e. The molecule has 1 heterocycles. The summed E-state index contributed by atoms with van der Waals surface area (Å²) < 4.78 is 1.57. The molecule has 1 fully saturated rings. The lowest BCUT2D eigenvalue weighted by Gasteiger charge is -2.31. The lowest BCUT2D eigenvalue weighted by molar-refractivity contribution is -0.134. The number of carbonyl (C=O) groups is 1. The molecule has 2 N–H and O–H groups in total. The number of rotatable bonds is 5. The number of hydrogen-bond acceptors (Lipinski definition) is 4. The first-order chi connectivity index (χ1) is 8.76. The minimum absolute atomic E-state index is 0.105. The molecule has 6 heteroatoms. The fourth-order valence-electron chi connectivity index (χ4n) is 2.84. The second-order valence-corrected chi connectivity index (χ2v) is 4.77. The van der Waals surface area contributed by atoms with Gasteiger partial charge < -0.3 is 10.6 Å². The molecule has 1 aromatic heterocycles. The second-order valence-electron chi connectivity index (χ2n) is 4.77. The topological polar surface area (TPSA) is 77.0 Å². The third kappa shape index (κ3) is 2.69. The minimum Gasteiger partial charge on any atom is -0.338 e. The van der Waals surface area contributed by atoms with Crippen LogP contribution in [0.25, 0.3) is 0 Å². The van der Waals surface area contributed by atoms with Gasteiger partial charge >= 0.3 is 0 Å². The first kappa shape index (κ1) is 13.0. The van der Waals surface area contributed by atoms with E-state index in [2.05, 4.69) is 10.1 Å². The average molecular weight is 251 g/mol. The zero-order valence-electron chi connectivity index (χ0n) is 10.8. The maximum absolute atomic E-state index is 12.3. The molecule has 2 unspecified atom stereocenters. The van der Waals surface area contributed by atoms with Gasteiger partial charge in [-0.25, -0.2) is 9.67 Å². The molecule has 1 saturated carbocycles. The lowest BCUT2D eigenvalue weighted by Crippen LogP contribution is -2.45. The Bertz CT molecular complexity index is 378. The van der Waals surface area contributed by atoms with Crippen LogP contribution in [0.2, 0.25) is 0 Å². The summed E-state index contributed by atoms with van der Waals surface area (Å²) in [6.07, 6.45) is 6.38. The van der Waals surface area contributed by atoms with Crippen molar-refractivity contribution in [1.82, 2.24) is 19.7 Å². The summed E-state index contributed by atoms with van der Waals surface area (Å²) in [4.78, 5) is 18.1. The van der Waals surface area contributed by atoms with Gasteiger partial charge in [-0.15, -0.1) is 0 Å². The van der Waals surface area contributed by atoms with Crippen molar-refractivity contribution >= 4 is 5.91 Å². The minimum atomic E-state index is 0.105. The van der Waals surface area contributed by atoms with Gasteiger partial charge in [0, 0.05) is 12.6 Å². The molecule has 1 aliphatic carbocycles. The average Bonchev–Trinajstić information content (AvgIpc) is 3.01. The lowest BCUT2D eigenvalue weighted by atomic mass is 10.0. The van der Waals surface area contributed by atoms with Crippen LogP contribution < -0.4 is 5.73 Å². The molecule has 2 rings (SSSR count). The van der Waals surface area contributed by atoms with Crippen molar-refractivity contribution in [3.8, 4) is 0 Å². The standard InChI is InChI=1S/C12H21N5O/c1-2-17(11-5-3-4-10(11)6-13)12(18)7-16-9-14-8-15-16/h8-11H,2-7,13H2,1H3. The molecule has 0 aromatic carbocycles. The van der Waals surface area contributed by atoms with Crippen LogP contribution >= 0.6 is 0 Å². The van der Waals surface area contributed by atoms with Crippen LogP contribution in [0.5, 0.6) is 0 Å². The zero-order chi connectivity index (χ0) is 13.0. The fraction of sp³-hybridized carbons (Fsp3) is 0.750. The van der Waals surface area contributed by atoms with Gasteiger partial charge in [0.2, 0.25) is 5.91 Å². The highest BCUT2D eigenvalue weighted by Crippen LogP contribution is 2.29. The number of likely N-dealkylation sites (N-methyl/N-ethyl adjacent to an activating group) is 1. The Balaban J connectivity index is 2.01. The summed E-state index contributed by atoms with van der Waals surface area (Å²) in [6.45, 7) is 3.68. The number of carbonyl (C=O) groups excluding carboxylic acids is 1. The van der Waals surface area contributed by atoms with Crippen LogP contribution in [0, 0.1) is 5.92 Å². The Hall–Kier alpha value is -1.43. The highest BCUT2D eigenvalue weighted by molar-refractivity contribution is 5.76. The SMILES string of the molecule is CCN(C(=O)Cn1cncn1)C1CCCC1CN. The number of amides is 1. The molecule has 1 aliphatic rings. The number of nitrogens with two attached hydrogens (primary N) is 1. The Kier molecular flexibility index (Phi) is 4.30. The predicted octanol–water partition coefficient (Wildman–Crippen LogP) is 0.254. The van der Waals surface area contributed by atoms with Gasteiger partial charge in [-0.1, -0.05) is 6.42 Å². The van der Waals surface area contributed by atoms with Gasteiger partial charge in [-0.3, -0.25) is 4.79 Å². The summed E-state index contributed by atoms with van der Waals surface area (Å²) in [7, 11) is 0. The van der Waals surface area contributed by atoms with Crippen LogP contribution in [0.15, 0.2) is 12.7 Å². The van der Waals surface area contributed by atoms with E-state index in [1.807, 2.05) is 11.8 Å². The number of nitrogens with zero attached hydrogens (tertiary/aromatic N) is 4. The van der Waals surface area contributed by atoms with Crippen molar-refractivity contribution in [1.29, 1.82) is 0 Å². The molecule has 0 bridgehead atoms. The van der Waals surface area contributed by atoms with Crippen LogP contribution in [0.4, 0.5) is 0 Å². The van der Waals surface area contributed by atoms with E-state index in [0.29, 0.717) is 18.5 Å². The molecule has 1 aromatic rings. The third-order valence-electron chi connectivity index (χ3n) is 3.75. The normalized spacial score (nSPS) is 23.2. The van der Waals surface area contributed by atoms with E-state index in [9.17, 15) is 4.79 Å². The molecule has 0 radical (unpaired) electrons. The molecule has 1 amide bonds. The zero-order valence-corrected chi connectivity index (χ0v) is 10.8. The van der Waals surface area contributed by atoms with Crippen LogP contribution in [-0.4, -0.2) is 44.7 Å². The van der Waals surface area contributed by atoms with Crippen molar-refractivity contribution in [3.63, 3.8) is 0 Å². The molecule has 2 atom stereocenters. The van der Waals surface area contributed by atoms with E-state index in [4.69, 9.17) is 5.73 Å². The van der Waals surface area contributed by atoms with Crippen molar-refractivity contribution < 1.29 is 4.79 Å². The number of hydrogen-bond donors (Lipinski definition) is 1. The van der Waals surface area contributed by atoms with E-state index in [-0.39, 0.29) is 12.5 Å². The highest BCUT2D eigenvalue weighted by Gasteiger charge is 2.32. The monoisotopic (exact) mass is 251 g/mol. The van der Waals surface area contributed by atoms with Gasteiger partial charge in [-0.2, -0.15) is 5.10 Å². The van der Waals surface area contributed by atoms with E-state index in [1.165, 1.54) is 12.7 Å². The van der Waals surface area contributed by atoms with E-state index < -0.39 is 0 Å². The first-order valence-electron chi connectivity index (χ1n) is 6.58. The van der Waals surface area contributed by atoms with E-state index in [0.717, 1.165) is 19.4 Å². The molecular weight excluding hydrogens is 230 g/mol. The third-order valence-corrected chi connectivity index (χ3v) is 3.75. The van der Waals surface area contributed by atoms with Gasteiger partial charge in [-0.05, 0) is 32.2 Å². The van der Waals surface area contributed by atoms with Crippen LogP contribution in [-0.2, 0) is 11.3 Å². The van der Waals surface area contributed by atoms with Gasteiger partial charge in [0.1, 0.15) is 19.2 Å². The smallest absolute Gasteiger partial charge is 0.244 e. The quantitative estimate of drug-likeness (QED) is 0.814. The van der Waals surface area contributed by atoms with Gasteiger partial charge in [0.15, 0.2) is 0 Å². The molecular formula is C12H21N5O. The second kappa shape index (κ2) is 5.95. The maximum atomic E-state index is 12.3. The predicted molar refractivity (Wildman–Crippen MR) is 67.6 cm³/mol. The number of aromatic nitrogens is 3. The highest BCUT2D eigenvalue weighted by atomic mass is 16.2. The van der Waals surface area contributed by atoms with Crippen LogP contribution in [0.1, 0.15) is 26.2 Å². The Morgan fingerprint density at radius 2 is 2.39 bits per heavy atom. The summed E-state index contributed by atoms with van der Waals surface area (Å²) in [5, 5.41) is 3.97. The van der Waals surface area contributed by atoms with Crippen molar-refractivity contribution in [2.45, 2.75) is 38.8 Å². The van der Waals surface area contributed by atoms with Crippen molar-refractivity contribution in [3.05, 3.63) is 12.7 Å². The fourth-order valence-corrected chi connectivity index (χ4v) is 2.84. The summed E-state index contributed by atoms with van der Waals surface area (Å²) in [5.41, 5.74) is 5.79. The molecule has 0 spiro atoms. The Morgan fingerprint density at radius 1 is 1.56 bits per heavy atom. The molecule has 0 saturated heterocycles. The Morgan fingerprint density at radius 3 is 3.00 bits per heavy atom. The summed E-state index contributed by atoms with van der Waals surface area (Å²) in [5.74, 6) is 0.554. The van der Waals surface area contributed by atoms with E-state index >= 15 is 0 Å². The van der Waals surface area contributed by atoms with E-state index in [1.54, 1.807) is 11.0 Å². The first-order valence-corrected chi connectivity index (χ1v) is 6.58. The Labute approximate surface area is 107 Å². The van der Waals surface area contributed by atoms with Gasteiger partial charge in [0.25, 0.3) is 0 Å². The van der Waals surface area contributed by atoms with Crippen molar-refractivity contribution in [2.75, 3.05) is 13.1 Å².